The summed E-state index contributed by atoms with van der Waals surface area (Å²) in [5.74, 6) is -0.422. The molecule has 4 heteroatoms. The first kappa shape index (κ1) is 16.0. The van der Waals surface area contributed by atoms with Crippen molar-refractivity contribution >= 4 is 27.5 Å². The van der Waals surface area contributed by atoms with Crippen molar-refractivity contribution in [1.29, 1.82) is 0 Å². The summed E-state index contributed by atoms with van der Waals surface area (Å²) in [6, 6.07) is 20.3. The molecule has 0 saturated heterocycles. The van der Waals surface area contributed by atoms with Crippen molar-refractivity contribution in [2.75, 3.05) is 7.11 Å². The maximum atomic E-state index is 11.8. The Hall–Kier alpha value is -3.53. The van der Waals surface area contributed by atoms with Gasteiger partial charge in [0.1, 0.15) is 17.1 Å². The molecule has 0 fully saturated rings. The van der Waals surface area contributed by atoms with Crippen molar-refractivity contribution in [2.24, 2.45) is 0 Å². The lowest BCUT2D eigenvalue weighted by Crippen LogP contribution is -2.01. The zero-order valence-corrected chi connectivity index (χ0v) is 14.1. The molecule has 26 heavy (non-hydrogen) atoms. The molecule has 0 aliphatic carbocycles. The van der Waals surface area contributed by atoms with Gasteiger partial charge in [-0.1, -0.05) is 30.3 Å². The summed E-state index contributed by atoms with van der Waals surface area (Å²) in [4.78, 5) is 11.8. The average Bonchev–Trinajstić information content (AvgIpc) is 2.66. The van der Waals surface area contributed by atoms with E-state index >= 15 is 0 Å². The van der Waals surface area contributed by atoms with E-state index in [2.05, 4.69) is 6.07 Å². The Morgan fingerprint density at radius 2 is 1.31 bits per heavy atom. The maximum absolute atomic E-state index is 11.8. The van der Waals surface area contributed by atoms with Gasteiger partial charge in [-0.15, -0.1) is 0 Å². The molecule has 128 valence electrons. The minimum atomic E-state index is -0.569. The van der Waals surface area contributed by atoms with Crippen LogP contribution in [0.1, 0.15) is 10.4 Å². The first-order chi connectivity index (χ1) is 12.5. The van der Waals surface area contributed by atoms with Crippen molar-refractivity contribution < 1.29 is 19.7 Å². The molecule has 0 spiro atoms. The van der Waals surface area contributed by atoms with Crippen molar-refractivity contribution in [1.82, 2.24) is 0 Å². The van der Waals surface area contributed by atoms with Crippen LogP contribution in [0.2, 0.25) is 0 Å². The predicted molar refractivity (Wildman–Crippen MR) is 102 cm³/mol. The van der Waals surface area contributed by atoms with E-state index in [1.54, 1.807) is 24.3 Å². The van der Waals surface area contributed by atoms with E-state index in [0.29, 0.717) is 0 Å². The number of hydrogen-bond acceptors (Lipinski definition) is 4. The maximum Gasteiger partial charge on any atom is 0.341 e. The molecule has 0 aromatic heterocycles. The van der Waals surface area contributed by atoms with Crippen LogP contribution < -0.4 is 0 Å². The molecule has 4 rings (SSSR count). The second kappa shape index (κ2) is 6.08. The van der Waals surface area contributed by atoms with Crippen LogP contribution in [0.5, 0.6) is 11.5 Å². The van der Waals surface area contributed by atoms with Crippen LogP contribution in [0, 0.1) is 0 Å². The number of carbonyl (C=O) groups excluding carboxylic acids is 1. The Bertz CT molecular complexity index is 1160. The van der Waals surface area contributed by atoms with Crippen LogP contribution in [-0.2, 0) is 4.74 Å². The number of aromatic hydroxyl groups is 2. The third-order valence-electron chi connectivity index (χ3n) is 4.52. The van der Waals surface area contributed by atoms with Gasteiger partial charge in [-0.25, -0.2) is 4.79 Å². The molecule has 4 aromatic carbocycles. The van der Waals surface area contributed by atoms with Gasteiger partial charge in [0.2, 0.25) is 0 Å². The minimum Gasteiger partial charge on any atom is -0.508 e. The van der Waals surface area contributed by atoms with Gasteiger partial charge in [0.05, 0.1) is 7.11 Å². The number of benzene rings is 4. The number of methoxy groups -OCH3 is 1. The van der Waals surface area contributed by atoms with E-state index in [-0.39, 0.29) is 17.1 Å². The molecule has 0 aliphatic heterocycles. The second-order valence-electron chi connectivity index (χ2n) is 6.17. The highest BCUT2D eigenvalue weighted by molar-refractivity contribution is 6.00. The minimum absolute atomic E-state index is 0.0948. The van der Waals surface area contributed by atoms with Gasteiger partial charge in [-0.05, 0) is 69.1 Å². The summed E-state index contributed by atoms with van der Waals surface area (Å²) >= 11 is 0. The molecule has 4 nitrogen and oxygen atoms in total. The SMILES string of the molecule is COC(=O)c1cc2cc(-c3ccc4cc(O)ccc4c3)ccc2cc1O. The fraction of sp³-hybridized carbons (Fsp3) is 0.0455. The fourth-order valence-corrected chi connectivity index (χ4v) is 3.15. The van der Waals surface area contributed by atoms with Crippen LogP contribution in [-0.4, -0.2) is 23.3 Å². The Labute approximate surface area is 149 Å². The van der Waals surface area contributed by atoms with Gasteiger partial charge in [0, 0.05) is 0 Å². The third kappa shape index (κ3) is 2.71. The van der Waals surface area contributed by atoms with Gasteiger partial charge in [-0.2, -0.15) is 0 Å². The molecule has 0 aliphatic rings. The molecule has 0 bridgehead atoms. The average molecular weight is 344 g/mol. The summed E-state index contributed by atoms with van der Waals surface area (Å²) in [6.07, 6.45) is 0. The van der Waals surface area contributed by atoms with Gasteiger partial charge in [0.25, 0.3) is 0 Å². The van der Waals surface area contributed by atoms with Crippen molar-refractivity contribution in [3.8, 4) is 22.6 Å². The van der Waals surface area contributed by atoms with Crippen LogP contribution >= 0.6 is 0 Å². The number of rotatable bonds is 2. The third-order valence-corrected chi connectivity index (χ3v) is 4.52. The first-order valence-corrected chi connectivity index (χ1v) is 8.13. The number of phenols is 2. The van der Waals surface area contributed by atoms with Crippen molar-refractivity contribution in [3.05, 3.63) is 72.3 Å². The molecular weight excluding hydrogens is 328 g/mol. The van der Waals surface area contributed by atoms with E-state index < -0.39 is 5.97 Å². The summed E-state index contributed by atoms with van der Waals surface area (Å²) in [7, 11) is 1.29. The highest BCUT2D eigenvalue weighted by Crippen LogP contribution is 2.31. The number of hydrogen-bond donors (Lipinski definition) is 2. The fourth-order valence-electron chi connectivity index (χ4n) is 3.15. The van der Waals surface area contributed by atoms with Crippen LogP contribution in [0.3, 0.4) is 0 Å². The van der Waals surface area contributed by atoms with E-state index in [0.717, 1.165) is 32.7 Å². The van der Waals surface area contributed by atoms with Crippen molar-refractivity contribution in [2.45, 2.75) is 0 Å². The second-order valence-corrected chi connectivity index (χ2v) is 6.17. The van der Waals surface area contributed by atoms with E-state index in [4.69, 9.17) is 4.74 Å². The van der Waals surface area contributed by atoms with Gasteiger partial charge >= 0.3 is 5.97 Å². The molecule has 0 saturated carbocycles. The highest BCUT2D eigenvalue weighted by Gasteiger charge is 2.13. The van der Waals surface area contributed by atoms with Gasteiger partial charge in [-0.3, -0.25) is 0 Å². The lowest BCUT2D eigenvalue weighted by molar-refractivity contribution is 0.0597. The summed E-state index contributed by atoms with van der Waals surface area (Å²) in [6.45, 7) is 0. The van der Waals surface area contributed by atoms with Gasteiger partial charge in [0.15, 0.2) is 0 Å². The van der Waals surface area contributed by atoms with Crippen LogP contribution in [0.25, 0.3) is 32.7 Å². The van der Waals surface area contributed by atoms with Crippen molar-refractivity contribution in [3.63, 3.8) is 0 Å². The summed E-state index contributed by atoms with van der Waals surface area (Å²) < 4.78 is 4.72. The Morgan fingerprint density at radius 3 is 2.00 bits per heavy atom. The lowest BCUT2D eigenvalue weighted by atomic mass is 9.97. The number of carbonyl (C=O) groups is 1. The van der Waals surface area contributed by atoms with Gasteiger partial charge < -0.3 is 14.9 Å². The zero-order chi connectivity index (χ0) is 18.3. The number of ether oxygens (including phenoxy) is 1. The molecule has 0 heterocycles. The summed E-state index contributed by atoms with van der Waals surface area (Å²) in [5.41, 5.74) is 2.16. The van der Waals surface area contributed by atoms with E-state index in [1.807, 2.05) is 36.4 Å². The zero-order valence-electron chi connectivity index (χ0n) is 14.1. The first-order valence-electron chi connectivity index (χ1n) is 8.13. The largest absolute Gasteiger partial charge is 0.508 e. The molecular formula is C22H16O4. The monoisotopic (exact) mass is 344 g/mol. The quantitative estimate of drug-likeness (QED) is 0.510. The van der Waals surface area contributed by atoms with Crippen LogP contribution in [0.15, 0.2) is 66.7 Å². The van der Waals surface area contributed by atoms with E-state index in [9.17, 15) is 15.0 Å². The highest BCUT2D eigenvalue weighted by atomic mass is 16.5. The molecule has 0 unspecified atom stereocenters. The molecule has 0 amide bonds. The standard InChI is InChI=1S/C22H16O4/c1-26-22(25)20-11-18-9-14(3-5-17(18)12-21(20)24)13-2-4-16-10-19(23)7-6-15(16)8-13/h2-12,23-24H,1H3. The molecule has 0 atom stereocenters. The lowest BCUT2D eigenvalue weighted by Gasteiger charge is -2.09. The smallest absolute Gasteiger partial charge is 0.341 e. The topological polar surface area (TPSA) is 66.8 Å². The molecule has 2 N–H and O–H groups in total. The Kier molecular flexibility index (Phi) is 3.73. The summed E-state index contributed by atoms with van der Waals surface area (Å²) in [5, 5.41) is 23.3. The normalized spacial score (nSPS) is 11.0. The van der Waals surface area contributed by atoms with Crippen LogP contribution in [0.4, 0.5) is 0 Å². The predicted octanol–water partition coefficient (Wildman–Crippen LogP) is 4.86. The Morgan fingerprint density at radius 1 is 0.731 bits per heavy atom. The number of phenolic OH excluding ortho intramolecular Hbond substituents is 2. The van der Waals surface area contributed by atoms with E-state index in [1.165, 1.54) is 7.11 Å². The number of esters is 1. The molecule has 0 radical (unpaired) electrons. The number of fused-ring (bicyclic) bond motifs is 2. The molecule has 4 aromatic rings. The Balaban J connectivity index is 1.85.